The lowest BCUT2D eigenvalue weighted by molar-refractivity contribution is 1.32. The molecule has 150 valence electrons. The Morgan fingerprint density at radius 1 is 0.467 bits per heavy atom. The smallest absolute Gasteiger partial charge is 0.203 e. The normalized spacial score (nSPS) is 11.3. The molecule has 0 aliphatic carbocycles. The van der Waals surface area contributed by atoms with Gasteiger partial charge in [-0.2, -0.15) is 0 Å². The monoisotopic (exact) mass is 410 g/mol. The van der Waals surface area contributed by atoms with Crippen LogP contribution in [0, 0.1) is 20.8 Å². The molecule has 0 amide bonds. The fourth-order valence-corrected chi connectivity index (χ4v) is 9.36. The molecule has 0 radical (unpaired) electrons. The van der Waals surface area contributed by atoms with Crippen molar-refractivity contribution < 1.29 is 0 Å². The molecule has 0 saturated carbocycles. The van der Waals surface area contributed by atoms with E-state index in [1.165, 1.54) is 38.3 Å². The van der Waals surface area contributed by atoms with Gasteiger partial charge in [-0.3, -0.25) is 0 Å². The van der Waals surface area contributed by atoms with E-state index in [-0.39, 0.29) is 0 Å². The van der Waals surface area contributed by atoms with Gasteiger partial charge in [-0.15, -0.1) is 0 Å². The Labute approximate surface area is 181 Å². The average molecular weight is 411 g/mol. The lowest BCUT2D eigenvalue weighted by Crippen LogP contribution is -2.44. The molecule has 0 N–H and O–H groups in total. The van der Waals surface area contributed by atoms with Crippen molar-refractivity contribution in [3.8, 4) is 0 Å². The first-order chi connectivity index (χ1) is 14.6. The van der Waals surface area contributed by atoms with E-state index in [0.717, 1.165) is 0 Å². The number of para-hydroxylation sites is 1. The topological polar surface area (TPSA) is 3.24 Å². The molecular weight excluding hydrogens is 381 g/mol. The zero-order chi connectivity index (χ0) is 21.1. The number of anilines is 1. The van der Waals surface area contributed by atoms with E-state index in [4.69, 9.17) is 0 Å². The summed E-state index contributed by atoms with van der Waals surface area (Å²) in [7, 11) is 0.127. The molecule has 30 heavy (non-hydrogen) atoms. The van der Waals surface area contributed by atoms with Gasteiger partial charge in [0.25, 0.3) is 0 Å². The highest BCUT2D eigenvalue weighted by Gasteiger charge is 2.52. The van der Waals surface area contributed by atoms with Gasteiger partial charge in [0, 0.05) is 7.05 Å². The first-order valence-electron chi connectivity index (χ1n) is 10.4. The zero-order valence-corrected chi connectivity index (χ0v) is 19.1. The maximum Gasteiger partial charge on any atom is 0.203 e. The van der Waals surface area contributed by atoms with Gasteiger partial charge in [0.2, 0.25) is 7.41 Å². The summed E-state index contributed by atoms with van der Waals surface area (Å²) in [6, 6.07) is 37.6. The van der Waals surface area contributed by atoms with E-state index in [1.807, 2.05) is 0 Å². The van der Waals surface area contributed by atoms with Gasteiger partial charge in [0.05, 0.1) is 5.69 Å². The zero-order valence-electron chi connectivity index (χ0n) is 18.2. The van der Waals surface area contributed by atoms with Crippen molar-refractivity contribution in [1.29, 1.82) is 0 Å². The Hall–Kier alpha value is -2.89. The van der Waals surface area contributed by atoms with Crippen LogP contribution in [0.1, 0.15) is 16.7 Å². The number of hydrogen-bond acceptors (Lipinski definition) is 1. The fraction of sp³-hybridized carbons (Fsp3) is 0.143. The first kappa shape index (κ1) is 20.4. The quantitative estimate of drug-likeness (QED) is 0.367. The predicted octanol–water partition coefficient (Wildman–Crippen LogP) is 5.96. The lowest BCUT2D eigenvalue weighted by atomic mass is 10.2. The van der Waals surface area contributed by atoms with Crippen LogP contribution in [0.5, 0.6) is 0 Å². The third-order valence-corrected chi connectivity index (χ3v) is 10.7. The molecule has 1 nitrogen and oxygen atoms in total. The third-order valence-electron chi connectivity index (χ3n) is 5.97. The molecule has 0 bridgehead atoms. The minimum absolute atomic E-state index is 1.24. The lowest BCUT2D eigenvalue weighted by Gasteiger charge is -2.38. The van der Waals surface area contributed by atoms with Crippen LogP contribution in [0.2, 0.25) is 0 Å². The maximum atomic E-state index is 2.56. The Balaban J connectivity index is 2.19. The molecule has 0 unspecified atom stereocenters. The molecule has 0 saturated heterocycles. The summed E-state index contributed by atoms with van der Waals surface area (Å²) in [5.41, 5.74) is 5.24. The van der Waals surface area contributed by atoms with Gasteiger partial charge < -0.3 is 0 Å². The Morgan fingerprint density at radius 3 is 1.17 bits per heavy atom. The Bertz CT molecular complexity index is 1040. The molecule has 2 heteroatoms. The van der Waals surface area contributed by atoms with E-state index in [0.29, 0.717) is 0 Å². The SMILES string of the molecule is Cc1ccccc1[P+](c1ccccc1C)(c1ccccc1C)N(C)c1ccccc1. The number of rotatable bonds is 5. The van der Waals surface area contributed by atoms with Crippen LogP contribution in [-0.4, -0.2) is 7.05 Å². The van der Waals surface area contributed by atoms with Gasteiger partial charge >= 0.3 is 0 Å². The minimum Gasteiger partial charge on any atom is -0.237 e. The van der Waals surface area contributed by atoms with E-state index in [2.05, 4.69) is 136 Å². The van der Waals surface area contributed by atoms with Crippen LogP contribution in [0.3, 0.4) is 0 Å². The molecule has 0 aromatic heterocycles. The number of benzene rings is 4. The highest BCUT2D eigenvalue weighted by molar-refractivity contribution is 7.97. The molecule has 0 aliphatic rings. The molecule has 4 rings (SSSR count). The van der Waals surface area contributed by atoms with Gasteiger partial charge in [0.15, 0.2) is 0 Å². The molecule has 4 aromatic carbocycles. The minimum atomic E-state index is -2.15. The van der Waals surface area contributed by atoms with Crippen molar-refractivity contribution in [2.24, 2.45) is 0 Å². The summed E-state index contributed by atoms with van der Waals surface area (Å²) in [6.07, 6.45) is 0. The maximum absolute atomic E-state index is 2.56. The second-order valence-electron chi connectivity index (χ2n) is 7.85. The number of nitrogens with zero attached hydrogens (tertiary/aromatic N) is 1. The van der Waals surface area contributed by atoms with Crippen LogP contribution in [-0.2, 0) is 0 Å². The summed E-state index contributed by atoms with van der Waals surface area (Å²) in [5.74, 6) is 0. The average Bonchev–Trinajstić information content (AvgIpc) is 2.78. The second kappa shape index (κ2) is 8.46. The van der Waals surface area contributed by atoms with Crippen LogP contribution >= 0.6 is 7.41 Å². The molecule has 0 fully saturated rings. The molecule has 0 aliphatic heterocycles. The number of aryl methyl sites for hydroxylation is 3. The highest BCUT2D eigenvalue weighted by atomic mass is 31.2. The Morgan fingerprint density at radius 2 is 0.800 bits per heavy atom. The van der Waals surface area contributed by atoms with Gasteiger partial charge in [-0.1, -0.05) is 72.8 Å². The summed E-state index contributed by atoms with van der Waals surface area (Å²) < 4.78 is 2.56. The van der Waals surface area contributed by atoms with Crippen molar-refractivity contribution in [2.75, 3.05) is 11.7 Å². The van der Waals surface area contributed by atoms with E-state index >= 15 is 0 Å². The third kappa shape index (κ3) is 3.34. The molecule has 4 aromatic rings. The van der Waals surface area contributed by atoms with Crippen LogP contribution < -0.4 is 20.6 Å². The standard InChI is InChI=1S/C28H29NP/c1-22-14-8-11-19-26(22)30(27-20-12-9-15-23(27)2,28-21-13-10-16-24(28)3)29(4)25-17-6-5-7-18-25/h5-21H,1-4H3/q+1. The van der Waals surface area contributed by atoms with E-state index in [1.54, 1.807) is 0 Å². The molecule has 0 spiro atoms. The highest BCUT2D eigenvalue weighted by Crippen LogP contribution is 2.60. The Kier molecular flexibility index (Phi) is 5.75. The predicted molar refractivity (Wildman–Crippen MR) is 134 cm³/mol. The molecular formula is C28H29NP+. The van der Waals surface area contributed by atoms with Gasteiger partial charge in [-0.25, -0.2) is 4.67 Å². The molecule has 0 atom stereocenters. The first-order valence-corrected chi connectivity index (χ1v) is 12.2. The van der Waals surface area contributed by atoms with Crippen LogP contribution in [0.15, 0.2) is 103 Å². The van der Waals surface area contributed by atoms with Crippen LogP contribution in [0.4, 0.5) is 5.69 Å². The van der Waals surface area contributed by atoms with E-state index in [9.17, 15) is 0 Å². The summed E-state index contributed by atoms with van der Waals surface area (Å²) in [5, 5.41) is 4.25. The second-order valence-corrected chi connectivity index (χ2v) is 11.2. The summed E-state index contributed by atoms with van der Waals surface area (Å²) in [4.78, 5) is 0. The van der Waals surface area contributed by atoms with E-state index < -0.39 is 7.41 Å². The van der Waals surface area contributed by atoms with Crippen molar-refractivity contribution in [3.63, 3.8) is 0 Å². The van der Waals surface area contributed by atoms with Crippen molar-refractivity contribution >= 4 is 29.0 Å². The van der Waals surface area contributed by atoms with Crippen molar-refractivity contribution in [3.05, 3.63) is 120 Å². The largest absolute Gasteiger partial charge is 0.237 e. The summed E-state index contributed by atoms with van der Waals surface area (Å²) >= 11 is 0. The van der Waals surface area contributed by atoms with Gasteiger partial charge in [0.1, 0.15) is 15.9 Å². The summed E-state index contributed by atoms with van der Waals surface area (Å²) in [6.45, 7) is 6.75. The molecule has 0 heterocycles. The van der Waals surface area contributed by atoms with Crippen molar-refractivity contribution in [2.45, 2.75) is 20.8 Å². The fourth-order valence-electron chi connectivity index (χ4n) is 4.47. The number of hydrogen-bond donors (Lipinski definition) is 0. The van der Waals surface area contributed by atoms with Crippen molar-refractivity contribution in [1.82, 2.24) is 0 Å². The van der Waals surface area contributed by atoms with Gasteiger partial charge in [-0.05, 0) is 67.8 Å². The van der Waals surface area contributed by atoms with Crippen LogP contribution in [0.25, 0.3) is 0 Å².